The molecule has 1 aliphatic rings. The van der Waals surface area contributed by atoms with Gasteiger partial charge in [0, 0.05) is 11.1 Å². The fourth-order valence-electron chi connectivity index (χ4n) is 1.56. The van der Waals surface area contributed by atoms with Gasteiger partial charge in [0.25, 0.3) is 5.91 Å². The number of halogens is 2. The number of hydrogen-bond donors (Lipinski definition) is 1. The monoisotopic (exact) mass is 331 g/mol. The van der Waals surface area contributed by atoms with Crippen LogP contribution in [0.15, 0.2) is 18.2 Å². The predicted molar refractivity (Wildman–Crippen MR) is 78.7 cm³/mol. The van der Waals surface area contributed by atoms with Crippen molar-refractivity contribution < 1.29 is 19.1 Å². The molecule has 2 rings (SSSR count). The van der Waals surface area contributed by atoms with Gasteiger partial charge in [0.1, 0.15) is 5.75 Å². The molecule has 0 aliphatic heterocycles. The van der Waals surface area contributed by atoms with Gasteiger partial charge in [-0.1, -0.05) is 23.2 Å². The summed E-state index contributed by atoms with van der Waals surface area (Å²) in [6.45, 7) is 1.19. The van der Waals surface area contributed by atoms with Crippen molar-refractivity contribution >= 4 is 35.1 Å². The van der Waals surface area contributed by atoms with Crippen LogP contribution in [0.3, 0.4) is 0 Å². The second kappa shape index (κ2) is 7.00. The number of esters is 1. The molecule has 1 saturated carbocycles. The van der Waals surface area contributed by atoms with E-state index in [-0.39, 0.29) is 18.6 Å². The highest BCUT2D eigenvalue weighted by atomic mass is 35.5. The second-order valence-corrected chi connectivity index (χ2v) is 5.62. The first kappa shape index (κ1) is 15.9. The van der Waals surface area contributed by atoms with Crippen molar-refractivity contribution in [1.82, 2.24) is 5.32 Å². The Morgan fingerprint density at radius 2 is 2.10 bits per heavy atom. The Bertz CT molecular complexity index is 546. The first-order valence-corrected chi connectivity index (χ1v) is 7.29. The van der Waals surface area contributed by atoms with Crippen molar-refractivity contribution in [3.8, 4) is 5.75 Å². The SMILES string of the molecule is C[C@@H](OC(=O)COc1ccc(Cl)cc1Cl)C(=O)NC1CC1. The highest BCUT2D eigenvalue weighted by Gasteiger charge is 2.27. The Balaban J connectivity index is 1.77. The summed E-state index contributed by atoms with van der Waals surface area (Å²) in [6.07, 6.45) is 1.11. The van der Waals surface area contributed by atoms with Gasteiger partial charge in [-0.25, -0.2) is 4.79 Å². The lowest BCUT2D eigenvalue weighted by molar-refractivity contribution is -0.156. The molecule has 0 radical (unpaired) electrons. The van der Waals surface area contributed by atoms with Crippen LogP contribution in [0.25, 0.3) is 0 Å². The number of benzene rings is 1. The Morgan fingerprint density at radius 1 is 1.38 bits per heavy atom. The van der Waals surface area contributed by atoms with Gasteiger partial charge in [-0.15, -0.1) is 0 Å². The highest BCUT2D eigenvalue weighted by Crippen LogP contribution is 2.27. The van der Waals surface area contributed by atoms with Gasteiger partial charge in [-0.3, -0.25) is 4.79 Å². The molecule has 1 aliphatic carbocycles. The van der Waals surface area contributed by atoms with E-state index >= 15 is 0 Å². The summed E-state index contributed by atoms with van der Waals surface area (Å²) in [5, 5.41) is 3.53. The van der Waals surface area contributed by atoms with E-state index in [1.165, 1.54) is 13.0 Å². The van der Waals surface area contributed by atoms with Crippen molar-refractivity contribution in [2.75, 3.05) is 6.61 Å². The zero-order valence-electron chi connectivity index (χ0n) is 11.4. The molecule has 1 fully saturated rings. The minimum atomic E-state index is -0.845. The lowest BCUT2D eigenvalue weighted by atomic mass is 10.3. The molecule has 21 heavy (non-hydrogen) atoms. The van der Waals surface area contributed by atoms with Crippen molar-refractivity contribution in [1.29, 1.82) is 0 Å². The fourth-order valence-corrected chi connectivity index (χ4v) is 2.02. The van der Waals surface area contributed by atoms with E-state index in [0.717, 1.165) is 12.8 Å². The Morgan fingerprint density at radius 3 is 2.71 bits per heavy atom. The maximum Gasteiger partial charge on any atom is 0.344 e. The molecule has 0 heterocycles. The third kappa shape index (κ3) is 5.10. The molecule has 1 amide bonds. The van der Waals surface area contributed by atoms with Crippen molar-refractivity contribution in [3.63, 3.8) is 0 Å². The number of carbonyl (C=O) groups is 2. The maximum atomic E-state index is 11.6. The summed E-state index contributed by atoms with van der Waals surface area (Å²) in [7, 11) is 0. The molecule has 0 bridgehead atoms. The minimum Gasteiger partial charge on any atom is -0.480 e. The molecule has 1 aromatic rings. The van der Waals surface area contributed by atoms with Crippen molar-refractivity contribution in [3.05, 3.63) is 28.2 Å². The summed E-state index contributed by atoms with van der Waals surface area (Å²) >= 11 is 11.7. The van der Waals surface area contributed by atoms with E-state index in [9.17, 15) is 9.59 Å². The van der Waals surface area contributed by atoms with E-state index < -0.39 is 12.1 Å². The summed E-state index contributed by atoms with van der Waals surface area (Å²) in [5.74, 6) is -0.608. The lowest BCUT2D eigenvalue weighted by Gasteiger charge is -2.13. The largest absolute Gasteiger partial charge is 0.480 e. The standard InChI is InChI=1S/C14H15Cl2NO4/c1-8(14(19)17-10-3-4-10)21-13(18)7-20-12-5-2-9(15)6-11(12)16/h2,5-6,8,10H,3-4,7H2,1H3,(H,17,19)/t8-/m1/s1. The van der Waals surface area contributed by atoms with Crippen LogP contribution in [0.5, 0.6) is 5.75 Å². The van der Waals surface area contributed by atoms with E-state index in [0.29, 0.717) is 15.8 Å². The molecule has 0 aromatic heterocycles. The molecule has 7 heteroatoms. The summed E-state index contributed by atoms with van der Waals surface area (Å²) in [4.78, 5) is 23.2. The van der Waals surface area contributed by atoms with Gasteiger partial charge >= 0.3 is 5.97 Å². The first-order valence-electron chi connectivity index (χ1n) is 6.53. The molecule has 114 valence electrons. The topological polar surface area (TPSA) is 64.6 Å². The van der Waals surface area contributed by atoms with Gasteiger partial charge in [0.05, 0.1) is 5.02 Å². The van der Waals surface area contributed by atoms with Crippen molar-refractivity contribution in [2.24, 2.45) is 0 Å². The van der Waals surface area contributed by atoms with Crippen LogP contribution in [-0.4, -0.2) is 30.6 Å². The van der Waals surface area contributed by atoms with E-state index in [2.05, 4.69) is 5.32 Å². The molecule has 0 spiro atoms. The maximum absolute atomic E-state index is 11.6. The van der Waals surface area contributed by atoms with Crippen LogP contribution in [-0.2, 0) is 14.3 Å². The van der Waals surface area contributed by atoms with E-state index in [4.69, 9.17) is 32.7 Å². The third-order valence-corrected chi connectivity index (χ3v) is 3.37. The quantitative estimate of drug-likeness (QED) is 0.813. The molecule has 1 N–H and O–H groups in total. The number of rotatable bonds is 6. The second-order valence-electron chi connectivity index (χ2n) is 4.78. The average molecular weight is 332 g/mol. The van der Waals surface area contributed by atoms with Gasteiger partial charge in [0.15, 0.2) is 12.7 Å². The van der Waals surface area contributed by atoms with Crippen LogP contribution >= 0.6 is 23.2 Å². The Labute approximate surface area is 132 Å². The Kier molecular flexibility index (Phi) is 5.31. The molecule has 1 aromatic carbocycles. The summed E-state index contributed by atoms with van der Waals surface area (Å²) < 4.78 is 10.2. The Hall–Kier alpha value is -1.46. The molecular weight excluding hydrogens is 317 g/mol. The van der Waals surface area contributed by atoms with Gasteiger partial charge < -0.3 is 14.8 Å². The predicted octanol–water partition coefficient (Wildman–Crippen LogP) is 2.58. The number of hydrogen-bond acceptors (Lipinski definition) is 4. The van der Waals surface area contributed by atoms with Crippen LogP contribution in [0, 0.1) is 0 Å². The smallest absolute Gasteiger partial charge is 0.344 e. The number of carbonyl (C=O) groups excluding carboxylic acids is 2. The van der Waals surface area contributed by atoms with Gasteiger partial charge in [-0.2, -0.15) is 0 Å². The molecule has 0 saturated heterocycles. The third-order valence-electron chi connectivity index (χ3n) is 2.84. The van der Waals surface area contributed by atoms with Crippen LogP contribution < -0.4 is 10.1 Å². The fraction of sp³-hybridized carbons (Fsp3) is 0.429. The zero-order chi connectivity index (χ0) is 15.4. The molecule has 5 nitrogen and oxygen atoms in total. The van der Waals surface area contributed by atoms with Crippen LogP contribution in [0.4, 0.5) is 0 Å². The van der Waals surface area contributed by atoms with Crippen molar-refractivity contribution in [2.45, 2.75) is 31.9 Å². The normalized spacial score (nSPS) is 15.2. The molecule has 1 atom stereocenters. The van der Waals surface area contributed by atoms with E-state index in [1.807, 2.05) is 0 Å². The molecule has 0 unspecified atom stereocenters. The van der Waals surface area contributed by atoms with E-state index in [1.54, 1.807) is 12.1 Å². The zero-order valence-corrected chi connectivity index (χ0v) is 12.9. The highest BCUT2D eigenvalue weighted by molar-refractivity contribution is 6.35. The number of amides is 1. The van der Waals surface area contributed by atoms with Gasteiger partial charge in [-0.05, 0) is 38.0 Å². The molecular formula is C14H15Cl2NO4. The minimum absolute atomic E-state index is 0.225. The lowest BCUT2D eigenvalue weighted by Crippen LogP contribution is -2.37. The van der Waals surface area contributed by atoms with Crippen LogP contribution in [0.2, 0.25) is 10.0 Å². The summed E-state index contributed by atoms with van der Waals surface area (Å²) in [6, 6.07) is 4.89. The van der Waals surface area contributed by atoms with Gasteiger partial charge in [0.2, 0.25) is 0 Å². The van der Waals surface area contributed by atoms with Crippen LogP contribution in [0.1, 0.15) is 19.8 Å². The average Bonchev–Trinajstić information content (AvgIpc) is 3.21. The number of ether oxygens (including phenoxy) is 2. The summed E-state index contributed by atoms with van der Waals surface area (Å²) in [5.41, 5.74) is 0. The number of nitrogens with one attached hydrogen (secondary N) is 1. The first-order chi connectivity index (χ1) is 9.95.